The van der Waals surface area contributed by atoms with E-state index in [4.69, 9.17) is 5.11 Å². The number of aliphatic carboxylic acids is 1. The van der Waals surface area contributed by atoms with Crippen LogP contribution in [0.15, 0.2) is 54.6 Å². The molecule has 0 bridgehead atoms. The maximum Gasteiger partial charge on any atom is 0.328 e. The topological polar surface area (TPSA) is 40.5 Å². The molecule has 0 spiro atoms. The number of rotatable bonds is 5. The monoisotopic (exact) mass is 331 g/mol. The molecule has 0 aliphatic heterocycles. The van der Waals surface area contributed by atoms with Crippen LogP contribution in [0.1, 0.15) is 35.1 Å². The van der Waals surface area contributed by atoms with E-state index >= 15 is 0 Å². The Labute approximate surface area is 148 Å². The molecule has 0 heterocycles. The average Bonchev–Trinajstić information content (AvgIpc) is 3.44. The molecule has 0 atom stereocenters. The zero-order valence-corrected chi connectivity index (χ0v) is 14.3. The molecule has 0 saturated heterocycles. The fourth-order valence-corrected chi connectivity index (χ4v) is 2.67. The van der Waals surface area contributed by atoms with E-state index in [1.165, 1.54) is 18.4 Å². The van der Waals surface area contributed by atoms with Crippen molar-refractivity contribution in [1.82, 2.24) is 4.90 Å². The van der Waals surface area contributed by atoms with Gasteiger partial charge in [-0.2, -0.15) is 0 Å². The van der Waals surface area contributed by atoms with E-state index in [0.29, 0.717) is 0 Å². The van der Waals surface area contributed by atoms with Gasteiger partial charge in [0.05, 0.1) is 0 Å². The number of carbonyl (C=O) groups is 1. The maximum absolute atomic E-state index is 10.5. The molecule has 2 aromatic carbocycles. The largest absolute Gasteiger partial charge is 0.478 e. The summed E-state index contributed by atoms with van der Waals surface area (Å²) in [7, 11) is 2.18. The Bertz CT molecular complexity index is 836. The van der Waals surface area contributed by atoms with Crippen LogP contribution in [0, 0.1) is 11.8 Å². The Balaban J connectivity index is 1.67. The molecule has 3 nitrogen and oxygen atoms in total. The first-order valence-corrected chi connectivity index (χ1v) is 8.42. The van der Waals surface area contributed by atoms with E-state index in [1.54, 1.807) is 6.08 Å². The molecule has 1 saturated carbocycles. The van der Waals surface area contributed by atoms with Gasteiger partial charge in [0, 0.05) is 29.8 Å². The quantitative estimate of drug-likeness (QED) is 0.669. The summed E-state index contributed by atoms with van der Waals surface area (Å²) in [6.45, 7) is 0.963. The van der Waals surface area contributed by atoms with E-state index in [0.717, 1.165) is 35.4 Å². The second-order valence-corrected chi connectivity index (χ2v) is 6.39. The number of benzene rings is 2. The van der Waals surface area contributed by atoms with Crippen molar-refractivity contribution in [3.05, 3.63) is 76.9 Å². The summed E-state index contributed by atoms with van der Waals surface area (Å²) in [5, 5.41) is 8.64. The van der Waals surface area contributed by atoms with Gasteiger partial charge in [0.25, 0.3) is 0 Å². The summed E-state index contributed by atoms with van der Waals surface area (Å²) in [6.07, 6.45) is 5.32. The highest BCUT2D eigenvalue weighted by molar-refractivity contribution is 5.85. The third-order valence-electron chi connectivity index (χ3n) is 4.21. The Morgan fingerprint density at radius 1 is 1.16 bits per heavy atom. The molecule has 0 amide bonds. The number of hydrogen-bond donors (Lipinski definition) is 1. The van der Waals surface area contributed by atoms with Crippen LogP contribution < -0.4 is 0 Å². The van der Waals surface area contributed by atoms with Crippen LogP contribution in [0.3, 0.4) is 0 Å². The zero-order chi connectivity index (χ0) is 17.6. The second kappa shape index (κ2) is 7.83. The molecule has 2 aromatic rings. The van der Waals surface area contributed by atoms with Crippen molar-refractivity contribution in [2.75, 3.05) is 7.05 Å². The van der Waals surface area contributed by atoms with Gasteiger partial charge in [-0.25, -0.2) is 4.79 Å². The molecule has 0 radical (unpaired) electrons. The van der Waals surface area contributed by atoms with Crippen LogP contribution in [-0.4, -0.2) is 29.1 Å². The van der Waals surface area contributed by atoms with E-state index in [1.807, 2.05) is 30.3 Å². The highest BCUT2D eigenvalue weighted by Gasteiger charge is 2.25. The molecular weight excluding hydrogens is 310 g/mol. The maximum atomic E-state index is 10.5. The predicted octanol–water partition coefficient (Wildman–Crippen LogP) is 3.78. The van der Waals surface area contributed by atoms with Gasteiger partial charge in [-0.3, -0.25) is 4.90 Å². The molecule has 3 heteroatoms. The minimum absolute atomic E-state index is 0.753. The van der Waals surface area contributed by atoms with Crippen LogP contribution >= 0.6 is 0 Å². The highest BCUT2D eigenvalue weighted by atomic mass is 16.4. The van der Waals surface area contributed by atoms with Gasteiger partial charge in [-0.1, -0.05) is 36.1 Å². The van der Waals surface area contributed by atoms with Crippen LogP contribution in [0.4, 0.5) is 0 Å². The lowest BCUT2D eigenvalue weighted by Gasteiger charge is -2.15. The van der Waals surface area contributed by atoms with E-state index in [2.05, 4.69) is 42.0 Å². The van der Waals surface area contributed by atoms with Crippen LogP contribution in [0.2, 0.25) is 0 Å². The second-order valence-electron chi connectivity index (χ2n) is 6.39. The predicted molar refractivity (Wildman–Crippen MR) is 100 cm³/mol. The van der Waals surface area contributed by atoms with Crippen LogP contribution in [-0.2, 0) is 11.3 Å². The highest BCUT2D eigenvalue weighted by Crippen LogP contribution is 2.26. The number of carboxylic acids is 1. The number of nitrogens with zero attached hydrogens (tertiary/aromatic N) is 1. The van der Waals surface area contributed by atoms with Gasteiger partial charge in [0.1, 0.15) is 0 Å². The number of carboxylic acid groups (broad SMARTS) is 1. The first-order chi connectivity index (χ1) is 12.1. The Morgan fingerprint density at radius 3 is 2.56 bits per heavy atom. The van der Waals surface area contributed by atoms with Crippen molar-refractivity contribution >= 4 is 12.0 Å². The van der Waals surface area contributed by atoms with E-state index in [-0.39, 0.29) is 0 Å². The third kappa shape index (κ3) is 5.34. The fraction of sp³-hybridized carbons (Fsp3) is 0.227. The Morgan fingerprint density at radius 2 is 1.88 bits per heavy atom. The first-order valence-electron chi connectivity index (χ1n) is 8.42. The molecule has 1 aliphatic rings. The van der Waals surface area contributed by atoms with Gasteiger partial charge in [-0.15, -0.1) is 0 Å². The lowest BCUT2D eigenvalue weighted by Crippen LogP contribution is -2.19. The third-order valence-corrected chi connectivity index (χ3v) is 4.21. The minimum Gasteiger partial charge on any atom is -0.478 e. The minimum atomic E-state index is -0.948. The summed E-state index contributed by atoms with van der Waals surface area (Å²) in [5.74, 6) is 5.43. The molecular formula is C22H21NO2. The molecule has 0 unspecified atom stereocenters. The summed E-state index contributed by atoms with van der Waals surface area (Å²) >= 11 is 0. The lowest BCUT2D eigenvalue weighted by atomic mass is 10.1. The van der Waals surface area contributed by atoms with Crippen molar-refractivity contribution in [1.29, 1.82) is 0 Å². The Kier molecular flexibility index (Phi) is 5.33. The summed E-state index contributed by atoms with van der Waals surface area (Å²) in [5.41, 5.74) is 4.05. The van der Waals surface area contributed by atoms with Gasteiger partial charge in [0.2, 0.25) is 0 Å². The number of hydrogen-bond acceptors (Lipinski definition) is 2. The van der Waals surface area contributed by atoms with Crippen molar-refractivity contribution < 1.29 is 9.90 Å². The summed E-state index contributed by atoms with van der Waals surface area (Å²) in [6, 6.07) is 16.7. The van der Waals surface area contributed by atoms with Crippen LogP contribution in [0.5, 0.6) is 0 Å². The van der Waals surface area contributed by atoms with E-state index < -0.39 is 5.97 Å². The molecule has 0 aromatic heterocycles. The SMILES string of the molecule is CN(Cc1cccc(C#Cc2ccc(C=CC(=O)O)cc2)c1)C1CC1. The average molecular weight is 331 g/mol. The normalized spacial score (nSPS) is 13.7. The van der Waals surface area contributed by atoms with E-state index in [9.17, 15) is 4.79 Å². The fourth-order valence-electron chi connectivity index (χ4n) is 2.67. The summed E-state index contributed by atoms with van der Waals surface area (Å²) in [4.78, 5) is 12.9. The van der Waals surface area contributed by atoms with Gasteiger partial charge >= 0.3 is 5.97 Å². The van der Waals surface area contributed by atoms with Crippen molar-refractivity contribution in [2.24, 2.45) is 0 Å². The standard InChI is InChI=1S/C22H21NO2/c1-23(21-12-13-21)16-20-4-2-3-19(15-20)10-9-17-5-7-18(8-6-17)11-14-22(24)25/h2-8,11,14-15,21H,12-13,16H2,1H3,(H,24,25). The van der Waals surface area contributed by atoms with Crippen molar-refractivity contribution in [3.63, 3.8) is 0 Å². The van der Waals surface area contributed by atoms with Gasteiger partial charge in [0.15, 0.2) is 0 Å². The molecule has 1 N–H and O–H groups in total. The van der Waals surface area contributed by atoms with Crippen LogP contribution in [0.25, 0.3) is 6.08 Å². The zero-order valence-electron chi connectivity index (χ0n) is 14.3. The molecule has 1 fully saturated rings. The van der Waals surface area contributed by atoms with Crippen molar-refractivity contribution in [2.45, 2.75) is 25.4 Å². The van der Waals surface area contributed by atoms with Crippen molar-refractivity contribution in [3.8, 4) is 11.8 Å². The molecule has 25 heavy (non-hydrogen) atoms. The Hall–Kier alpha value is -2.83. The smallest absolute Gasteiger partial charge is 0.328 e. The molecule has 1 aliphatic carbocycles. The molecule has 3 rings (SSSR count). The van der Waals surface area contributed by atoms with Gasteiger partial charge < -0.3 is 5.11 Å². The summed E-state index contributed by atoms with van der Waals surface area (Å²) < 4.78 is 0. The first kappa shape index (κ1) is 17.0. The molecule has 126 valence electrons. The lowest BCUT2D eigenvalue weighted by molar-refractivity contribution is -0.131. The van der Waals surface area contributed by atoms with Gasteiger partial charge in [-0.05, 0) is 61.4 Å².